The van der Waals surface area contributed by atoms with Gasteiger partial charge in [-0.05, 0) is 50.1 Å². The van der Waals surface area contributed by atoms with Crippen molar-refractivity contribution >= 4 is 10.0 Å². The van der Waals surface area contributed by atoms with Crippen LogP contribution in [-0.4, -0.2) is 24.3 Å². The van der Waals surface area contributed by atoms with Gasteiger partial charge in [0.1, 0.15) is 5.75 Å². The fourth-order valence-electron chi connectivity index (χ4n) is 3.69. The summed E-state index contributed by atoms with van der Waals surface area (Å²) >= 11 is 0. The largest absolute Gasteiger partial charge is 0.439 e. The van der Waals surface area contributed by atoms with Crippen molar-refractivity contribution in [3.05, 3.63) is 84.1 Å². The molecule has 1 aliphatic heterocycles. The Morgan fingerprint density at radius 2 is 1.72 bits per heavy atom. The minimum absolute atomic E-state index is 0.303. The molecule has 0 aliphatic carbocycles. The molecular formula is C23H24N2O3S. The van der Waals surface area contributed by atoms with Crippen LogP contribution in [0.1, 0.15) is 36.4 Å². The first-order chi connectivity index (χ1) is 14.1. The van der Waals surface area contributed by atoms with E-state index in [1.54, 1.807) is 22.6 Å². The van der Waals surface area contributed by atoms with Crippen LogP contribution in [-0.2, 0) is 10.0 Å². The van der Waals surface area contributed by atoms with Crippen molar-refractivity contribution in [2.45, 2.75) is 37.1 Å². The maximum absolute atomic E-state index is 13.4. The molecule has 1 fully saturated rings. The summed E-state index contributed by atoms with van der Waals surface area (Å²) in [4.78, 5) is 4.73. The van der Waals surface area contributed by atoms with Crippen LogP contribution in [0.15, 0.2) is 77.8 Å². The van der Waals surface area contributed by atoms with Gasteiger partial charge in [-0.2, -0.15) is 4.31 Å². The first-order valence-corrected chi connectivity index (χ1v) is 11.3. The number of rotatable bonds is 5. The predicted octanol–water partition coefficient (Wildman–Crippen LogP) is 5.10. The van der Waals surface area contributed by atoms with Crippen molar-refractivity contribution in [2.24, 2.45) is 0 Å². The molecule has 1 aliphatic rings. The van der Waals surface area contributed by atoms with E-state index >= 15 is 0 Å². The molecule has 2 heterocycles. The van der Waals surface area contributed by atoms with E-state index in [9.17, 15) is 8.42 Å². The maximum atomic E-state index is 13.4. The van der Waals surface area contributed by atoms with E-state index in [0.29, 0.717) is 23.1 Å². The lowest BCUT2D eigenvalue weighted by Gasteiger charge is -2.35. The molecule has 29 heavy (non-hydrogen) atoms. The molecule has 1 atom stereocenters. The van der Waals surface area contributed by atoms with Gasteiger partial charge < -0.3 is 4.74 Å². The standard InChI is InChI=1S/C23H24N2O3S/c1-18-12-14-20(15-13-18)29(26,27)25-17-6-5-11-22(25)21-10-7-16-24-23(21)28-19-8-3-2-4-9-19/h2-4,7-10,12-16,22H,5-6,11,17H2,1H3/t22-/m0/s1. The smallest absolute Gasteiger partial charge is 0.243 e. The zero-order valence-corrected chi connectivity index (χ0v) is 17.2. The van der Waals surface area contributed by atoms with Crippen molar-refractivity contribution in [3.8, 4) is 11.6 Å². The van der Waals surface area contributed by atoms with Crippen LogP contribution in [0.4, 0.5) is 0 Å². The van der Waals surface area contributed by atoms with Crippen molar-refractivity contribution in [2.75, 3.05) is 6.54 Å². The van der Waals surface area contributed by atoms with E-state index in [1.807, 2.05) is 61.5 Å². The molecule has 0 bridgehead atoms. The first kappa shape index (κ1) is 19.6. The van der Waals surface area contributed by atoms with E-state index in [2.05, 4.69) is 4.98 Å². The lowest BCUT2D eigenvalue weighted by atomic mass is 9.98. The summed E-state index contributed by atoms with van der Waals surface area (Å²) in [7, 11) is -3.62. The quantitative estimate of drug-likeness (QED) is 0.589. The SMILES string of the molecule is Cc1ccc(S(=O)(=O)N2CCCC[C@H]2c2cccnc2Oc2ccccc2)cc1. The maximum Gasteiger partial charge on any atom is 0.243 e. The Kier molecular flexibility index (Phi) is 5.65. The highest BCUT2D eigenvalue weighted by atomic mass is 32.2. The number of aromatic nitrogens is 1. The van der Waals surface area contributed by atoms with E-state index in [4.69, 9.17) is 4.74 Å². The van der Waals surface area contributed by atoms with E-state index < -0.39 is 10.0 Å². The van der Waals surface area contributed by atoms with Crippen LogP contribution in [0.5, 0.6) is 11.6 Å². The van der Waals surface area contributed by atoms with Crippen LogP contribution in [0.2, 0.25) is 0 Å². The molecule has 150 valence electrons. The summed E-state index contributed by atoms with van der Waals surface area (Å²) in [6, 6.07) is 19.9. The second kappa shape index (κ2) is 8.35. The molecule has 6 heteroatoms. The molecule has 1 aromatic heterocycles. The number of aryl methyl sites for hydroxylation is 1. The van der Waals surface area contributed by atoms with Crippen LogP contribution in [0, 0.1) is 6.92 Å². The highest BCUT2D eigenvalue weighted by Gasteiger charge is 2.36. The second-order valence-corrected chi connectivity index (χ2v) is 9.14. The third kappa shape index (κ3) is 4.18. The van der Waals surface area contributed by atoms with Crippen molar-refractivity contribution in [3.63, 3.8) is 0 Å². The second-order valence-electron chi connectivity index (χ2n) is 7.25. The van der Waals surface area contributed by atoms with Gasteiger partial charge in [-0.15, -0.1) is 0 Å². The number of ether oxygens (including phenoxy) is 1. The Morgan fingerprint density at radius 3 is 2.48 bits per heavy atom. The monoisotopic (exact) mass is 408 g/mol. The third-order valence-electron chi connectivity index (χ3n) is 5.20. The van der Waals surface area contributed by atoms with Crippen molar-refractivity contribution in [1.29, 1.82) is 0 Å². The highest BCUT2D eigenvalue weighted by Crippen LogP contribution is 2.39. The number of hydrogen-bond acceptors (Lipinski definition) is 4. The molecule has 0 spiro atoms. The Labute approximate surface area is 172 Å². The number of pyridine rings is 1. The highest BCUT2D eigenvalue weighted by molar-refractivity contribution is 7.89. The molecule has 1 saturated heterocycles. The van der Waals surface area contributed by atoms with Gasteiger partial charge in [0.05, 0.1) is 10.9 Å². The van der Waals surface area contributed by atoms with Gasteiger partial charge in [0, 0.05) is 18.3 Å². The molecule has 3 aromatic rings. The van der Waals surface area contributed by atoms with Gasteiger partial charge in [0.25, 0.3) is 0 Å². The Bertz CT molecular complexity index is 1070. The summed E-state index contributed by atoms with van der Waals surface area (Å²) in [5.41, 5.74) is 1.83. The summed E-state index contributed by atoms with van der Waals surface area (Å²) in [6.07, 6.45) is 4.21. The van der Waals surface area contributed by atoms with Crippen LogP contribution >= 0.6 is 0 Å². The van der Waals surface area contributed by atoms with Gasteiger partial charge >= 0.3 is 0 Å². The summed E-state index contributed by atoms with van der Waals surface area (Å²) in [5.74, 6) is 1.13. The Morgan fingerprint density at radius 1 is 0.966 bits per heavy atom. The molecule has 0 radical (unpaired) electrons. The molecule has 0 amide bonds. The van der Waals surface area contributed by atoms with Crippen molar-refractivity contribution < 1.29 is 13.2 Å². The molecule has 0 unspecified atom stereocenters. The molecule has 5 nitrogen and oxygen atoms in total. The Balaban J connectivity index is 1.71. The number of piperidine rings is 1. The fraction of sp³-hybridized carbons (Fsp3) is 0.261. The normalized spacial score (nSPS) is 17.8. The number of sulfonamides is 1. The molecule has 0 saturated carbocycles. The number of para-hydroxylation sites is 1. The van der Waals surface area contributed by atoms with Gasteiger partial charge in [0.15, 0.2) is 0 Å². The summed E-state index contributed by atoms with van der Waals surface area (Å²) < 4.78 is 34.5. The molecule has 2 aromatic carbocycles. The summed E-state index contributed by atoms with van der Waals surface area (Å²) in [6.45, 7) is 2.43. The van der Waals surface area contributed by atoms with Crippen molar-refractivity contribution in [1.82, 2.24) is 9.29 Å². The Hall–Kier alpha value is -2.70. The van der Waals surface area contributed by atoms with Crippen LogP contribution in [0.25, 0.3) is 0 Å². The number of nitrogens with zero attached hydrogens (tertiary/aromatic N) is 2. The summed E-state index contributed by atoms with van der Waals surface area (Å²) in [5, 5.41) is 0. The average molecular weight is 409 g/mol. The third-order valence-corrected chi connectivity index (χ3v) is 7.12. The zero-order valence-electron chi connectivity index (χ0n) is 16.4. The van der Waals surface area contributed by atoms with Crippen LogP contribution < -0.4 is 4.74 Å². The average Bonchev–Trinajstić information content (AvgIpc) is 2.75. The first-order valence-electron chi connectivity index (χ1n) is 9.82. The van der Waals surface area contributed by atoms with Gasteiger partial charge in [-0.25, -0.2) is 13.4 Å². The molecular weight excluding hydrogens is 384 g/mol. The molecule has 0 N–H and O–H groups in total. The topological polar surface area (TPSA) is 59.5 Å². The van der Waals surface area contributed by atoms with E-state index in [-0.39, 0.29) is 6.04 Å². The number of benzene rings is 2. The number of hydrogen-bond donors (Lipinski definition) is 0. The van der Waals surface area contributed by atoms with Crippen LogP contribution in [0.3, 0.4) is 0 Å². The van der Waals surface area contributed by atoms with Gasteiger partial charge in [0.2, 0.25) is 15.9 Å². The molecule has 4 rings (SSSR count). The lowest BCUT2D eigenvalue weighted by molar-refractivity contribution is 0.250. The minimum atomic E-state index is -3.62. The lowest BCUT2D eigenvalue weighted by Crippen LogP contribution is -2.38. The minimum Gasteiger partial charge on any atom is -0.439 e. The van der Waals surface area contributed by atoms with Gasteiger partial charge in [-0.3, -0.25) is 0 Å². The zero-order chi connectivity index (χ0) is 20.3. The predicted molar refractivity (Wildman–Crippen MR) is 112 cm³/mol. The van der Waals surface area contributed by atoms with Gasteiger partial charge in [-0.1, -0.05) is 48.4 Å². The van der Waals surface area contributed by atoms with E-state index in [0.717, 1.165) is 30.4 Å². The fourth-order valence-corrected chi connectivity index (χ4v) is 5.37. The van der Waals surface area contributed by atoms with E-state index in [1.165, 1.54) is 0 Å².